The van der Waals surface area contributed by atoms with Crippen molar-refractivity contribution in [1.82, 2.24) is 4.90 Å². The zero-order valence-corrected chi connectivity index (χ0v) is 23.4. The van der Waals surface area contributed by atoms with Gasteiger partial charge in [0.15, 0.2) is 17.6 Å². The summed E-state index contributed by atoms with van der Waals surface area (Å²) in [6, 6.07) is 13.4. The second-order valence-electron chi connectivity index (χ2n) is 11.3. The monoisotopic (exact) mass is 529 g/mol. The first-order valence-electron chi connectivity index (χ1n) is 13.3. The lowest BCUT2D eigenvalue weighted by molar-refractivity contribution is -0.160. The average molecular weight is 530 g/mol. The van der Waals surface area contributed by atoms with Gasteiger partial charge in [0.05, 0.1) is 5.60 Å². The van der Waals surface area contributed by atoms with Crippen LogP contribution in [0.1, 0.15) is 70.6 Å². The molecule has 1 amide bonds. The summed E-state index contributed by atoms with van der Waals surface area (Å²) in [6.07, 6.45) is -1.16. The number of carbonyl (C=O) groups is 2. The van der Waals surface area contributed by atoms with Crippen LogP contribution >= 0.6 is 0 Å². The summed E-state index contributed by atoms with van der Waals surface area (Å²) < 4.78 is 17.5. The Kier molecular flexibility index (Phi) is 6.89. The predicted octanol–water partition coefficient (Wildman–Crippen LogP) is 6.15. The fourth-order valence-electron chi connectivity index (χ4n) is 5.53. The third kappa shape index (κ3) is 5.11. The van der Waals surface area contributed by atoms with Crippen LogP contribution in [0.2, 0.25) is 0 Å². The Hall–Kier alpha value is -3.84. The number of hydrogen-bond acceptors (Lipinski definition) is 5. The second kappa shape index (κ2) is 10.0. The van der Waals surface area contributed by atoms with Crippen LogP contribution in [0.5, 0.6) is 11.5 Å². The van der Waals surface area contributed by atoms with Crippen molar-refractivity contribution in [3.63, 3.8) is 0 Å². The standard InChI is InChI=1S/C32H35NO6/c1-18-7-9-21(10-8-18)27-19(2)23-16-33(30(34)22-11-12-25-26(15-22)38-14-13-37-25)17-24(23)20(3)28(27)29(31(35)36)39-32(4,5)6/h7-12,15,29H,13-14,16-17H2,1-6H3,(H,35,36). The Balaban J connectivity index is 1.61. The van der Waals surface area contributed by atoms with Gasteiger partial charge in [0.1, 0.15) is 13.2 Å². The maximum absolute atomic E-state index is 13.6. The minimum atomic E-state index is -1.16. The lowest BCUT2D eigenvalue weighted by Gasteiger charge is -2.29. The Bertz CT molecular complexity index is 1450. The number of carbonyl (C=O) groups excluding carboxylic acids is 1. The molecule has 0 saturated carbocycles. The molecule has 204 valence electrons. The van der Waals surface area contributed by atoms with E-state index in [0.717, 1.165) is 38.9 Å². The third-order valence-electron chi connectivity index (χ3n) is 7.39. The van der Waals surface area contributed by atoms with E-state index in [1.54, 1.807) is 23.1 Å². The van der Waals surface area contributed by atoms with Crippen LogP contribution in [0.15, 0.2) is 42.5 Å². The van der Waals surface area contributed by atoms with Gasteiger partial charge in [0, 0.05) is 24.2 Å². The highest BCUT2D eigenvalue weighted by Crippen LogP contribution is 2.44. The van der Waals surface area contributed by atoms with E-state index < -0.39 is 17.7 Å². The van der Waals surface area contributed by atoms with Crippen LogP contribution in [-0.2, 0) is 22.6 Å². The quantitative estimate of drug-likeness (QED) is 0.427. The molecule has 1 N–H and O–H groups in total. The predicted molar refractivity (Wildman–Crippen MR) is 148 cm³/mol. The van der Waals surface area contributed by atoms with Crippen molar-refractivity contribution in [2.45, 2.75) is 66.3 Å². The van der Waals surface area contributed by atoms with E-state index in [9.17, 15) is 14.7 Å². The number of amides is 1. The Morgan fingerprint density at radius 1 is 0.897 bits per heavy atom. The van der Waals surface area contributed by atoms with E-state index in [1.165, 1.54) is 0 Å². The fraction of sp³-hybridized carbons (Fsp3) is 0.375. The Morgan fingerprint density at radius 3 is 2.13 bits per heavy atom. The summed E-state index contributed by atoms with van der Waals surface area (Å²) in [7, 11) is 0. The van der Waals surface area contributed by atoms with Crippen LogP contribution in [0, 0.1) is 20.8 Å². The van der Waals surface area contributed by atoms with Crippen molar-refractivity contribution in [2.24, 2.45) is 0 Å². The molecule has 0 spiro atoms. The van der Waals surface area contributed by atoms with Crippen molar-refractivity contribution >= 4 is 11.9 Å². The van der Waals surface area contributed by atoms with Gasteiger partial charge in [-0.05, 0) is 93.1 Å². The minimum Gasteiger partial charge on any atom is -0.486 e. The molecule has 7 heteroatoms. The SMILES string of the molecule is Cc1ccc(-c2c(C)c3c(c(C)c2C(OC(C)(C)C)C(=O)O)CN(C(=O)c2ccc4c(c2)OCCO4)C3)cc1. The molecule has 7 nitrogen and oxygen atoms in total. The van der Waals surface area contributed by atoms with E-state index in [4.69, 9.17) is 14.2 Å². The van der Waals surface area contributed by atoms with Gasteiger partial charge in [-0.25, -0.2) is 4.79 Å². The van der Waals surface area contributed by atoms with Crippen molar-refractivity contribution in [2.75, 3.05) is 13.2 Å². The van der Waals surface area contributed by atoms with Gasteiger partial charge in [0.25, 0.3) is 5.91 Å². The number of aliphatic carboxylic acids is 1. The molecule has 0 aliphatic carbocycles. The van der Waals surface area contributed by atoms with Gasteiger partial charge in [-0.1, -0.05) is 29.8 Å². The van der Waals surface area contributed by atoms with Crippen LogP contribution < -0.4 is 9.47 Å². The average Bonchev–Trinajstić information content (AvgIpc) is 3.35. The number of ether oxygens (including phenoxy) is 3. The molecular weight excluding hydrogens is 494 g/mol. The summed E-state index contributed by atoms with van der Waals surface area (Å²) in [4.78, 5) is 28.1. The molecule has 2 aliphatic rings. The van der Waals surface area contributed by atoms with Crippen molar-refractivity contribution < 1.29 is 28.9 Å². The largest absolute Gasteiger partial charge is 0.486 e. The van der Waals surface area contributed by atoms with Gasteiger partial charge in [-0.3, -0.25) is 4.79 Å². The number of fused-ring (bicyclic) bond motifs is 2. The normalized spacial score (nSPS) is 15.2. The summed E-state index contributed by atoms with van der Waals surface area (Å²) in [5, 5.41) is 10.3. The maximum Gasteiger partial charge on any atom is 0.337 e. The second-order valence-corrected chi connectivity index (χ2v) is 11.3. The van der Waals surface area contributed by atoms with E-state index in [2.05, 4.69) is 0 Å². The van der Waals surface area contributed by atoms with Gasteiger partial charge in [-0.15, -0.1) is 0 Å². The molecule has 0 fully saturated rings. The zero-order chi connectivity index (χ0) is 28.1. The summed E-state index contributed by atoms with van der Waals surface area (Å²) >= 11 is 0. The van der Waals surface area contributed by atoms with Gasteiger partial charge in [-0.2, -0.15) is 0 Å². The molecule has 2 aliphatic heterocycles. The third-order valence-corrected chi connectivity index (χ3v) is 7.39. The van der Waals surface area contributed by atoms with E-state index in [1.807, 2.05) is 65.8 Å². The smallest absolute Gasteiger partial charge is 0.337 e. The van der Waals surface area contributed by atoms with Crippen LogP contribution in [-0.4, -0.2) is 40.7 Å². The molecule has 3 aromatic rings. The van der Waals surface area contributed by atoms with E-state index in [-0.39, 0.29) is 5.91 Å². The highest BCUT2D eigenvalue weighted by molar-refractivity contribution is 5.95. The van der Waals surface area contributed by atoms with Crippen LogP contribution in [0.4, 0.5) is 0 Å². The summed E-state index contributed by atoms with van der Waals surface area (Å²) in [5.41, 5.74) is 7.25. The molecule has 5 rings (SSSR count). The number of carboxylic acids is 1. The van der Waals surface area contributed by atoms with Crippen molar-refractivity contribution in [1.29, 1.82) is 0 Å². The van der Waals surface area contributed by atoms with Crippen molar-refractivity contribution in [3.05, 3.63) is 81.4 Å². The molecule has 0 bridgehead atoms. The molecule has 1 unspecified atom stereocenters. The van der Waals surface area contributed by atoms with E-state index >= 15 is 0 Å². The Labute approximate surface area is 229 Å². The number of aryl methyl sites for hydroxylation is 1. The topological polar surface area (TPSA) is 85.3 Å². The highest BCUT2D eigenvalue weighted by atomic mass is 16.6. The van der Waals surface area contributed by atoms with Crippen molar-refractivity contribution in [3.8, 4) is 22.6 Å². The summed E-state index contributed by atoms with van der Waals surface area (Å²) in [5.74, 6) is 0.0629. The molecule has 3 aromatic carbocycles. The number of rotatable bonds is 5. The first-order chi connectivity index (χ1) is 18.4. The van der Waals surface area contributed by atoms with E-state index in [0.29, 0.717) is 48.9 Å². The first-order valence-corrected chi connectivity index (χ1v) is 13.3. The summed E-state index contributed by atoms with van der Waals surface area (Å²) in [6.45, 7) is 13.3. The molecule has 39 heavy (non-hydrogen) atoms. The molecule has 0 saturated heterocycles. The molecule has 0 aromatic heterocycles. The van der Waals surface area contributed by atoms with Crippen LogP contribution in [0.25, 0.3) is 11.1 Å². The molecule has 2 heterocycles. The van der Waals surface area contributed by atoms with Gasteiger partial charge >= 0.3 is 5.97 Å². The maximum atomic E-state index is 13.6. The molecular formula is C32H35NO6. The first kappa shape index (κ1) is 26.8. The molecule has 0 radical (unpaired) electrons. The zero-order valence-electron chi connectivity index (χ0n) is 23.4. The number of benzene rings is 3. The number of hydrogen-bond donors (Lipinski definition) is 1. The van der Waals surface area contributed by atoms with Gasteiger partial charge < -0.3 is 24.2 Å². The Morgan fingerprint density at radius 2 is 1.51 bits per heavy atom. The minimum absolute atomic E-state index is 0.110. The number of nitrogens with zero attached hydrogens (tertiary/aromatic N) is 1. The number of carboxylic acid groups (broad SMARTS) is 1. The van der Waals surface area contributed by atoms with Gasteiger partial charge in [0.2, 0.25) is 0 Å². The van der Waals surface area contributed by atoms with Crippen LogP contribution in [0.3, 0.4) is 0 Å². The lowest BCUT2D eigenvalue weighted by Crippen LogP contribution is -2.28. The fourth-order valence-corrected chi connectivity index (χ4v) is 5.53. The lowest BCUT2D eigenvalue weighted by atomic mass is 9.83. The molecule has 1 atom stereocenters. The highest BCUT2D eigenvalue weighted by Gasteiger charge is 2.36.